The highest BCUT2D eigenvalue weighted by atomic mass is 35.5. The zero-order valence-electron chi connectivity index (χ0n) is 13.0. The minimum absolute atomic E-state index is 0. The van der Waals surface area contributed by atoms with E-state index in [-0.39, 0.29) is 18.3 Å². The van der Waals surface area contributed by atoms with Gasteiger partial charge in [0.05, 0.1) is 7.11 Å². The van der Waals surface area contributed by atoms with Gasteiger partial charge in [-0.05, 0) is 24.1 Å². The second kappa shape index (κ2) is 7.99. The Morgan fingerprint density at radius 3 is 2.87 bits per heavy atom. The molecule has 124 valence electrons. The van der Waals surface area contributed by atoms with Crippen molar-refractivity contribution in [3.05, 3.63) is 46.8 Å². The van der Waals surface area contributed by atoms with Crippen LogP contribution in [0.4, 0.5) is 0 Å². The van der Waals surface area contributed by atoms with Gasteiger partial charge in [0.15, 0.2) is 5.69 Å². The summed E-state index contributed by atoms with van der Waals surface area (Å²) in [6.07, 6.45) is 1.67. The zero-order chi connectivity index (χ0) is 15.4. The molecule has 23 heavy (non-hydrogen) atoms. The number of aromatic nitrogens is 2. The van der Waals surface area contributed by atoms with E-state index in [0.717, 1.165) is 42.0 Å². The largest absolute Gasteiger partial charge is 0.497 e. The summed E-state index contributed by atoms with van der Waals surface area (Å²) in [6, 6.07) is 7.86. The van der Waals surface area contributed by atoms with Crippen LogP contribution in [-0.4, -0.2) is 36.3 Å². The smallest absolute Gasteiger partial charge is 0.272 e. The van der Waals surface area contributed by atoms with Gasteiger partial charge in [-0.3, -0.25) is 9.89 Å². The molecular formula is C16H21ClN4O2. The number of benzene rings is 1. The van der Waals surface area contributed by atoms with Crippen LogP contribution < -0.4 is 15.4 Å². The first kappa shape index (κ1) is 17.3. The molecule has 0 unspecified atom stereocenters. The third-order valence-corrected chi connectivity index (χ3v) is 3.88. The SMILES string of the molecule is COc1ccc(CCNC(=O)c2n[nH]c3c2CNCC3)cc1.Cl. The lowest BCUT2D eigenvalue weighted by molar-refractivity contribution is 0.0948. The summed E-state index contributed by atoms with van der Waals surface area (Å²) in [5.74, 6) is 0.721. The van der Waals surface area contributed by atoms with Gasteiger partial charge in [-0.2, -0.15) is 5.10 Å². The molecule has 1 aliphatic heterocycles. The molecule has 1 aromatic heterocycles. The molecule has 0 radical (unpaired) electrons. The Bertz CT molecular complexity index is 655. The fraction of sp³-hybridized carbons (Fsp3) is 0.375. The number of carbonyl (C=O) groups excluding carboxylic acids is 1. The molecule has 0 bridgehead atoms. The Hall–Kier alpha value is -2.05. The standard InChI is InChI=1S/C16H20N4O2.ClH/c1-22-12-4-2-11(3-5-12)6-9-18-16(21)15-13-10-17-8-7-14(13)19-20-15;/h2-5,17H,6-10H2,1H3,(H,18,21)(H,19,20);1H. The fourth-order valence-corrected chi connectivity index (χ4v) is 2.61. The summed E-state index contributed by atoms with van der Waals surface area (Å²) < 4.78 is 5.13. The number of aromatic amines is 1. The van der Waals surface area contributed by atoms with Crippen molar-refractivity contribution in [3.63, 3.8) is 0 Å². The third kappa shape index (κ3) is 4.03. The molecule has 3 N–H and O–H groups in total. The minimum Gasteiger partial charge on any atom is -0.497 e. The van der Waals surface area contributed by atoms with E-state index in [0.29, 0.717) is 18.8 Å². The highest BCUT2D eigenvalue weighted by Crippen LogP contribution is 2.15. The third-order valence-electron chi connectivity index (χ3n) is 3.88. The first-order chi connectivity index (χ1) is 10.8. The highest BCUT2D eigenvalue weighted by Gasteiger charge is 2.20. The maximum absolute atomic E-state index is 12.2. The van der Waals surface area contributed by atoms with E-state index in [9.17, 15) is 4.79 Å². The van der Waals surface area contributed by atoms with Gasteiger partial charge in [-0.15, -0.1) is 12.4 Å². The molecule has 0 aliphatic carbocycles. The van der Waals surface area contributed by atoms with Gasteiger partial charge in [0, 0.05) is 37.3 Å². The van der Waals surface area contributed by atoms with E-state index < -0.39 is 0 Å². The number of fused-ring (bicyclic) bond motifs is 1. The van der Waals surface area contributed by atoms with Crippen molar-refractivity contribution in [2.45, 2.75) is 19.4 Å². The molecule has 1 aromatic carbocycles. The van der Waals surface area contributed by atoms with E-state index in [1.807, 2.05) is 24.3 Å². The number of methoxy groups -OCH3 is 1. The number of carbonyl (C=O) groups is 1. The monoisotopic (exact) mass is 336 g/mol. The summed E-state index contributed by atoms with van der Waals surface area (Å²) >= 11 is 0. The number of hydrogen-bond donors (Lipinski definition) is 3. The van der Waals surface area contributed by atoms with Crippen LogP contribution in [0.5, 0.6) is 5.75 Å². The van der Waals surface area contributed by atoms with Gasteiger partial charge >= 0.3 is 0 Å². The van der Waals surface area contributed by atoms with Crippen molar-refractivity contribution in [2.75, 3.05) is 20.2 Å². The predicted molar refractivity (Wildman–Crippen MR) is 90.3 cm³/mol. The lowest BCUT2D eigenvalue weighted by atomic mass is 10.1. The maximum Gasteiger partial charge on any atom is 0.272 e. The van der Waals surface area contributed by atoms with Crippen LogP contribution in [0.1, 0.15) is 27.3 Å². The van der Waals surface area contributed by atoms with Crippen molar-refractivity contribution in [3.8, 4) is 5.75 Å². The molecular weight excluding hydrogens is 316 g/mol. The second-order valence-electron chi connectivity index (χ2n) is 5.31. The van der Waals surface area contributed by atoms with Crippen LogP contribution in [0.3, 0.4) is 0 Å². The van der Waals surface area contributed by atoms with E-state index >= 15 is 0 Å². The van der Waals surface area contributed by atoms with Crippen molar-refractivity contribution in [1.29, 1.82) is 0 Å². The number of ether oxygens (including phenoxy) is 1. The van der Waals surface area contributed by atoms with Gasteiger partial charge in [0.2, 0.25) is 0 Å². The molecule has 0 saturated carbocycles. The molecule has 0 fully saturated rings. The molecule has 7 heteroatoms. The zero-order valence-corrected chi connectivity index (χ0v) is 13.8. The molecule has 0 atom stereocenters. The van der Waals surface area contributed by atoms with Crippen LogP contribution in [0.15, 0.2) is 24.3 Å². The molecule has 0 saturated heterocycles. The van der Waals surface area contributed by atoms with Crippen LogP contribution in [-0.2, 0) is 19.4 Å². The average molecular weight is 337 g/mol. The average Bonchev–Trinajstić information content (AvgIpc) is 2.99. The van der Waals surface area contributed by atoms with Gasteiger partial charge in [-0.1, -0.05) is 12.1 Å². The van der Waals surface area contributed by atoms with Crippen molar-refractivity contribution in [1.82, 2.24) is 20.8 Å². The van der Waals surface area contributed by atoms with Gasteiger partial charge in [0.25, 0.3) is 5.91 Å². The molecule has 6 nitrogen and oxygen atoms in total. The Morgan fingerprint density at radius 1 is 1.35 bits per heavy atom. The van der Waals surface area contributed by atoms with E-state index in [2.05, 4.69) is 20.8 Å². The number of halogens is 1. The lowest BCUT2D eigenvalue weighted by Crippen LogP contribution is -2.29. The topological polar surface area (TPSA) is 79.0 Å². The number of amides is 1. The second-order valence-corrected chi connectivity index (χ2v) is 5.31. The maximum atomic E-state index is 12.2. The van der Waals surface area contributed by atoms with Crippen LogP contribution in [0.2, 0.25) is 0 Å². The Morgan fingerprint density at radius 2 is 2.13 bits per heavy atom. The highest BCUT2D eigenvalue weighted by molar-refractivity contribution is 5.94. The molecule has 2 heterocycles. The van der Waals surface area contributed by atoms with Gasteiger partial charge in [0.1, 0.15) is 5.75 Å². The number of nitrogens with one attached hydrogen (secondary N) is 3. The van der Waals surface area contributed by atoms with Gasteiger partial charge in [-0.25, -0.2) is 0 Å². The number of rotatable bonds is 5. The molecule has 0 spiro atoms. The first-order valence-corrected chi connectivity index (χ1v) is 7.46. The van der Waals surface area contributed by atoms with Crippen LogP contribution in [0.25, 0.3) is 0 Å². The lowest BCUT2D eigenvalue weighted by Gasteiger charge is -2.12. The Kier molecular flexibility index (Phi) is 6.01. The normalized spacial score (nSPS) is 12.9. The first-order valence-electron chi connectivity index (χ1n) is 7.46. The van der Waals surface area contributed by atoms with Crippen molar-refractivity contribution < 1.29 is 9.53 Å². The Labute approximate surface area is 141 Å². The summed E-state index contributed by atoms with van der Waals surface area (Å²) in [6.45, 7) is 2.21. The molecule has 1 amide bonds. The van der Waals surface area contributed by atoms with E-state index in [4.69, 9.17) is 4.74 Å². The quantitative estimate of drug-likeness (QED) is 0.772. The van der Waals surface area contributed by atoms with Crippen LogP contribution >= 0.6 is 12.4 Å². The van der Waals surface area contributed by atoms with Crippen LogP contribution in [0, 0.1) is 0 Å². The number of hydrogen-bond acceptors (Lipinski definition) is 4. The summed E-state index contributed by atoms with van der Waals surface area (Å²) in [5, 5.41) is 13.3. The summed E-state index contributed by atoms with van der Waals surface area (Å²) in [7, 11) is 1.65. The van der Waals surface area contributed by atoms with E-state index in [1.165, 1.54) is 0 Å². The summed E-state index contributed by atoms with van der Waals surface area (Å²) in [4.78, 5) is 12.2. The Balaban J connectivity index is 0.00000192. The van der Waals surface area contributed by atoms with Crippen molar-refractivity contribution in [2.24, 2.45) is 0 Å². The minimum atomic E-state index is -0.116. The van der Waals surface area contributed by atoms with Crippen molar-refractivity contribution >= 4 is 18.3 Å². The molecule has 2 aromatic rings. The van der Waals surface area contributed by atoms with Gasteiger partial charge < -0.3 is 15.4 Å². The molecule has 1 aliphatic rings. The molecule has 3 rings (SSSR count). The van der Waals surface area contributed by atoms with E-state index in [1.54, 1.807) is 7.11 Å². The number of H-pyrrole nitrogens is 1. The number of nitrogens with zero attached hydrogens (tertiary/aromatic N) is 1. The summed E-state index contributed by atoms with van der Waals surface area (Å²) in [5.41, 5.74) is 3.73. The predicted octanol–water partition coefficient (Wildman–Crippen LogP) is 1.46. The fourth-order valence-electron chi connectivity index (χ4n) is 2.61.